The topological polar surface area (TPSA) is 104 Å². The average Bonchev–Trinajstić information content (AvgIpc) is 3.27. The molecule has 7 nitrogen and oxygen atoms in total. The van der Waals surface area contributed by atoms with Gasteiger partial charge < -0.3 is 10.6 Å². The summed E-state index contributed by atoms with van der Waals surface area (Å²) in [5, 5.41) is 5.93. The first kappa shape index (κ1) is 23.7. The fraction of sp³-hybridized carbons (Fsp3) is 0.652. The van der Waals surface area contributed by atoms with Crippen molar-refractivity contribution in [2.24, 2.45) is 0 Å². The molecule has 1 aromatic carbocycles. The molecule has 0 saturated heterocycles. The maximum Gasteiger partial charge on any atom is 0.252 e. The molecule has 0 atom stereocenters. The van der Waals surface area contributed by atoms with E-state index in [0.29, 0.717) is 19.4 Å². The minimum Gasteiger partial charge on any atom is -0.354 e. The van der Waals surface area contributed by atoms with E-state index in [1.54, 1.807) is 12.1 Å². The van der Waals surface area contributed by atoms with E-state index in [9.17, 15) is 18.0 Å². The van der Waals surface area contributed by atoms with Gasteiger partial charge in [-0.3, -0.25) is 9.59 Å². The molecule has 2 saturated carbocycles. The molecule has 1 aromatic rings. The van der Waals surface area contributed by atoms with Crippen molar-refractivity contribution in [2.75, 3.05) is 6.54 Å². The molecule has 0 bridgehead atoms. The van der Waals surface area contributed by atoms with E-state index >= 15 is 0 Å². The Labute approximate surface area is 185 Å². The van der Waals surface area contributed by atoms with Crippen LogP contribution in [-0.4, -0.2) is 38.4 Å². The highest BCUT2D eigenvalue weighted by molar-refractivity contribution is 7.89. The van der Waals surface area contributed by atoms with Crippen LogP contribution in [0.1, 0.15) is 87.9 Å². The fourth-order valence-corrected chi connectivity index (χ4v) is 5.89. The van der Waals surface area contributed by atoms with Gasteiger partial charge in [0.05, 0.1) is 4.90 Å². The molecule has 3 rings (SSSR count). The second-order valence-electron chi connectivity index (χ2n) is 8.84. The first-order valence-electron chi connectivity index (χ1n) is 11.6. The number of sulfonamides is 1. The summed E-state index contributed by atoms with van der Waals surface area (Å²) in [6.45, 7) is 2.65. The van der Waals surface area contributed by atoms with Crippen molar-refractivity contribution >= 4 is 21.8 Å². The standard InChI is InChI=1S/C23H35N3O4S/c1-2-3-16-24-22(28)23(14-7-4-8-15-23)25-21(27)18-10-9-13-20(17-18)31(29,30)26-19-11-5-6-12-19/h9-10,13,17,19,26H,2-8,11-12,14-16H2,1H3,(H,24,28)(H,25,27). The first-order valence-corrected chi connectivity index (χ1v) is 13.1. The summed E-state index contributed by atoms with van der Waals surface area (Å²) in [7, 11) is -3.69. The highest BCUT2D eigenvalue weighted by atomic mass is 32.2. The number of benzene rings is 1. The van der Waals surface area contributed by atoms with Crippen LogP contribution in [0.2, 0.25) is 0 Å². The quantitative estimate of drug-likeness (QED) is 0.503. The number of carbonyl (C=O) groups excluding carboxylic acids is 2. The molecule has 3 N–H and O–H groups in total. The summed E-state index contributed by atoms with van der Waals surface area (Å²) < 4.78 is 28.3. The first-order chi connectivity index (χ1) is 14.9. The number of unbranched alkanes of at least 4 members (excludes halogenated alkanes) is 1. The molecule has 0 spiro atoms. The maximum absolute atomic E-state index is 13.1. The third-order valence-electron chi connectivity index (χ3n) is 6.39. The molecular weight excluding hydrogens is 414 g/mol. The van der Waals surface area contributed by atoms with Gasteiger partial charge in [-0.05, 0) is 50.3 Å². The van der Waals surface area contributed by atoms with Crippen LogP contribution >= 0.6 is 0 Å². The van der Waals surface area contributed by atoms with Crippen LogP contribution in [0.3, 0.4) is 0 Å². The minimum absolute atomic E-state index is 0.0418. The van der Waals surface area contributed by atoms with Gasteiger partial charge >= 0.3 is 0 Å². The predicted octanol–water partition coefficient (Wildman–Crippen LogP) is 3.26. The molecule has 0 aromatic heterocycles. The summed E-state index contributed by atoms with van der Waals surface area (Å²) in [5.41, 5.74) is -0.680. The van der Waals surface area contributed by atoms with Crippen molar-refractivity contribution in [3.63, 3.8) is 0 Å². The van der Waals surface area contributed by atoms with Gasteiger partial charge in [0.25, 0.3) is 5.91 Å². The average molecular weight is 450 g/mol. The Kier molecular flexibility index (Phi) is 8.11. The number of hydrogen-bond acceptors (Lipinski definition) is 4. The van der Waals surface area contributed by atoms with E-state index in [2.05, 4.69) is 22.3 Å². The molecule has 0 aliphatic heterocycles. The summed E-state index contributed by atoms with van der Waals surface area (Å²) in [6, 6.07) is 6.03. The van der Waals surface area contributed by atoms with E-state index < -0.39 is 21.5 Å². The van der Waals surface area contributed by atoms with Gasteiger partial charge in [0.15, 0.2) is 0 Å². The van der Waals surface area contributed by atoms with E-state index in [1.165, 1.54) is 12.1 Å². The fourth-order valence-electron chi connectivity index (χ4n) is 4.54. The second-order valence-corrected chi connectivity index (χ2v) is 10.6. The van der Waals surface area contributed by atoms with Gasteiger partial charge in [-0.15, -0.1) is 0 Å². The van der Waals surface area contributed by atoms with Crippen molar-refractivity contribution in [3.8, 4) is 0 Å². The van der Waals surface area contributed by atoms with Crippen molar-refractivity contribution in [1.82, 2.24) is 15.4 Å². The lowest BCUT2D eigenvalue weighted by Crippen LogP contribution is -2.59. The Morgan fingerprint density at radius 1 is 1.06 bits per heavy atom. The van der Waals surface area contributed by atoms with Crippen LogP contribution in [0.4, 0.5) is 0 Å². The molecule has 172 valence electrons. The van der Waals surface area contributed by atoms with Crippen LogP contribution in [-0.2, 0) is 14.8 Å². The Morgan fingerprint density at radius 2 is 1.77 bits per heavy atom. The van der Waals surface area contributed by atoms with Gasteiger partial charge in [0, 0.05) is 18.2 Å². The van der Waals surface area contributed by atoms with Crippen LogP contribution in [0.15, 0.2) is 29.2 Å². The Morgan fingerprint density at radius 3 is 2.45 bits per heavy atom. The third kappa shape index (κ3) is 6.07. The summed E-state index contributed by atoms with van der Waals surface area (Å²) in [5.74, 6) is -0.550. The van der Waals surface area contributed by atoms with Crippen molar-refractivity contribution in [1.29, 1.82) is 0 Å². The Hall–Kier alpha value is -1.93. The molecule has 2 fully saturated rings. The molecule has 0 unspecified atom stereocenters. The van der Waals surface area contributed by atoms with Crippen LogP contribution in [0, 0.1) is 0 Å². The number of rotatable bonds is 9. The van der Waals surface area contributed by atoms with Gasteiger partial charge in [0.2, 0.25) is 15.9 Å². The van der Waals surface area contributed by atoms with Crippen LogP contribution in [0.5, 0.6) is 0 Å². The summed E-state index contributed by atoms with van der Waals surface area (Å²) >= 11 is 0. The highest BCUT2D eigenvalue weighted by Gasteiger charge is 2.40. The molecule has 8 heteroatoms. The lowest BCUT2D eigenvalue weighted by Gasteiger charge is -2.36. The SMILES string of the molecule is CCCCNC(=O)C1(NC(=O)c2cccc(S(=O)(=O)NC3CCCC3)c2)CCCCC1. The number of carbonyl (C=O) groups is 2. The molecule has 31 heavy (non-hydrogen) atoms. The van der Waals surface area contributed by atoms with Crippen molar-refractivity contribution < 1.29 is 18.0 Å². The zero-order chi connectivity index (χ0) is 22.3. The predicted molar refractivity (Wildman–Crippen MR) is 120 cm³/mol. The van der Waals surface area contributed by atoms with Crippen molar-refractivity contribution in [3.05, 3.63) is 29.8 Å². The number of nitrogens with one attached hydrogen (secondary N) is 3. The highest BCUT2D eigenvalue weighted by Crippen LogP contribution is 2.29. The van der Waals surface area contributed by atoms with Gasteiger partial charge in [-0.25, -0.2) is 13.1 Å². The molecule has 0 radical (unpaired) electrons. The van der Waals surface area contributed by atoms with E-state index in [1.807, 2.05) is 0 Å². The zero-order valence-corrected chi connectivity index (χ0v) is 19.2. The van der Waals surface area contributed by atoms with E-state index in [-0.39, 0.29) is 22.4 Å². The largest absolute Gasteiger partial charge is 0.354 e. The van der Waals surface area contributed by atoms with E-state index in [4.69, 9.17) is 0 Å². The van der Waals surface area contributed by atoms with Crippen LogP contribution < -0.4 is 15.4 Å². The third-order valence-corrected chi connectivity index (χ3v) is 7.91. The van der Waals surface area contributed by atoms with Crippen molar-refractivity contribution in [2.45, 2.75) is 94.0 Å². The second kappa shape index (κ2) is 10.6. The van der Waals surface area contributed by atoms with E-state index in [0.717, 1.165) is 57.8 Å². The smallest absolute Gasteiger partial charge is 0.252 e. The Balaban J connectivity index is 1.74. The Bertz CT molecular complexity index is 873. The number of hydrogen-bond donors (Lipinski definition) is 3. The lowest BCUT2D eigenvalue weighted by molar-refractivity contribution is -0.128. The minimum atomic E-state index is -3.69. The van der Waals surface area contributed by atoms with Gasteiger partial charge in [-0.1, -0.05) is 51.5 Å². The van der Waals surface area contributed by atoms with Gasteiger partial charge in [0.1, 0.15) is 5.54 Å². The van der Waals surface area contributed by atoms with Gasteiger partial charge in [-0.2, -0.15) is 0 Å². The lowest BCUT2D eigenvalue weighted by atomic mass is 9.80. The normalized spacial score (nSPS) is 19.1. The monoisotopic (exact) mass is 449 g/mol. The molecule has 2 aliphatic rings. The van der Waals surface area contributed by atoms with Crippen LogP contribution in [0.25, 0.3) is 0 Å². The molecule has 0 heterocycles. The summed E-state index contributed by atoms with van der Waals surface area (Å²) in [6.07, 6.45) is 9.60. The number of amides is 2. The summed E-state index contributed by atoms with van der Waals surface area (Å²) in [4.78, 5) is 26.1. The zero-order valence-electron chi connectivity index (χ0n) is 18.4. The molecular formula is C23H35N3O4S. The molecule has 2 amide bonds. The molecule has 2 aliphatic carbocycles. The maximum atomic E-state index is 13.1.